The van der Waals surface area contributed by atoms with Gasteiger partial charge in [0.15, 0.2) is 0 Å². The predicted octanol–water partition coefficient (Wildman–Crippen LogP) is 4.42. The maximum absolute atomic E-state index is 6.09. The summed E-state index contributed by atoms with van der Waals surface area (Å²) in [5, 5.41) is 0.110. The van der Waals surface area contributed by atoms with E-state index in [1.54, 1.807) is 0 Å². The molecule has 0 saturated heterocycles. The normalized spacial score (nSPS) is 13.4. The van der Waals surface area contributed by atoms with Crippen LogP contribution in [0.25, 0.3) is 0 Å². The van der Waals surface area contributed by atoms with E-state index in [4.69, 9.17) is 11.6 Å². The summed E-state index contributed by atoms with van der Waals surface area (Å²) in [7, 11) is 0. The number of alkyl halides is 1. The van der Waals surface area contributed by atoms with E-state index >= 15 is 0 Å². The third kappa shape index (κ3) is 2.47. The van der Waals surface area contributed by atoms with Crippen molar-refractivity contribution in [2.45, 2.75) is 39.0 Å². The Kier molecular flexibility index (Phi) is 3.38. The van der Waals surface area contributed by atoms with E-state index in [1.165, 1.54) is 16.7 Å². The molecule has 72 valence electrons. The number of hydrogen-bond acceptors (Lipinski definition) is 0. The van der Waals surface area contributed by atoms with Gasteiger partial charge in [-0.05, 0) is 36.5 Å². The van der Waals surface area contributed by atoms with Crippen molar-refractivity contribution in [2.75, 3.05) is 0 Å². The number of hydrogen-bond donors (Lipinski definition) is 0. The molecule has 1 aromatic carbocycles. The van der Waals surface area contributed by atoms with E-state index in [2.05, 4.69) is 39.0 Å². The minimum atomic E-state index is 0.110. The lowest BCUT2D eigenvalue weighted by molar-refractivity contribution is 0.859. The van der Waals surface area contributed by atoms with Gasteiger partial charge >= 0.3 is 0 Å². The van der Waals surface area contributed by atoms with Crippen LogP contribution in [0.4, 0.5) is 0 Å². The minimum Gasteiger partial charge on any atom is -0.118 e. The van der Waals surface area contributed by atoms with Crippen LogP contribution in [0.1, 0.15) is 48.8 Å². The molecule has 1 atom stereocenters. The van der Waals surface area contributed by atoms with Crippen LogP contribution in [0.3, 0.4) is 0 Å². The molecule has 0 aliphatic rings. The highest BCUT2D eigenvalue weighted by Gasteiger charge is 2.07. The van der Waals surface area contributed by atoms with Crippen LogP contribution in [0, 0.1) is 6.92 Å². The lowest BCUT2D eigenvalue weighted by atomic mass is 9.97. The highest BCUT2D eigenvalue weighted by molar-refractivity contribution is 6.20. The molecule has 0 saturated carbocycles. The van der Waals surface area contributed by atoms with Gasteiger partial charge in [-0.15, -0.1) is 11.6 Å². The molecule has 0 amide bonds. The second-order valence-corrected chi connectivity index (χ2v) is 4.54. The molecule has 0 nitrogen and oxygen atoms in total. The largest absolute Gasteiger partial charge is 0.118 e. The number of halogens is 1. The van der Waals surface area contributed by atoms with E-state index in [9.17, 15) is 0 Å². The lowest BCUT2D eigenvalue weighted by Gasteiger charge is -2.12. The molecule has 0 N–H and O–H groups in total. The fourth-order valence-electron chi connectivity index (χ4n) is 1.45. The number of benzene rings is 1. The SMILES string of the molecule is Cc1ccc(C(C)C)cc1C(C)Cl. The van der Waals surface area contributed by atoms with Crippen molar-refractivity contribution in [1.29, 1.82) is 0 Å². The molecule has 0 aliphatic carbocycles. The van der Waals surface area contributed by atoms with Gasteiger partial charge in [0.2, 0.25) is 0 Å². The molecule has 0 bridgehead atoms. The van der Waals surface area contributed by atoms with Gasteiger partial charge in [0, 0.05) is 0 Å². The first-order valence-electron chi connectivity index (χ1n) is 4.77. The Bertz CT molecular complexity index is 287. The fourth-order valence-corrected chi connectivity index (χ4v) is 1.68. The summed E-state index contributed by atoms with van der Waals surface area (Å²) < 4.78 is 0. The van der Waals surface area contributed by atoms with Gasteiger partial charge in [0.25, 0.3) is 0 Å². The van der Waals surface area contributed by atoms with Crippen LogP contribution in [-0.4, -0.2) is 0 Å². The van der Waals surface area contributed by atoms with Gasteiger partial charge in [-0.1, -0.05) is 32.0 Å². The summed E-state index contributed by atoms with van der Waals surface area (Å²) >= 11 is 6.09. The summed E-state index contributed by atoms with van der Waals surface area (Å²) in [6.07, 6.45) is 0. The molecule has 1 heteroatoms. The van der Waals surface area contributed by atoms with E-state index in [0.29, 0.717) is 5.92 Å². The number of aryl methyl sites for hydroxylation is 1. The van der Waals surface area contributed by atoms with Gasteiger partial charge in [-0.2, -0.15) is 0 Å². The Labute approximate surface area is 85.9 Å². The van der Waals surface area contributed by atoms with Crippen LogP contribution in [0.15, 0.2) is 18.2 Å². The van der Waals surface area contributed by atoms with Gasteiger partial charge in [-0.25, -0.2) is 0 Å². The lowest BCUT2D eigenvalue weighted by Crippen LogP contribution is -1.94. The van der Waals surface area contributed by atoms with E-state index < -0.39 is 0 Å². The Morgan fingerprint density at radius 2 is 1.77 bits per heavy atom. The van der Waals surface area contributed by atoms with Crippen molar-refractivity contribution in [2.24, 2.45) is 0 Å². The standard InChI is InChI=1S/C12H17Cl/c1-8(2)11-6-5-9(3)12(7-11)10(4)13/h5-8,10H,1-4H3. The molecule has 13 heavy (non-hydrogen) atoms. The molecular formula is C12H17Cl. The maximum atomic E-state index is 6.09. The van der Waals surface area contributed by atoms with Crippen molar-refractivity contribution in [3.63, 3.8) is 0 Å². The highest BCUT2D eigenvalue weighted by Crippen LogP contribution is 2.26. The van der Waals surface area contributed by atoms with Gasteiger partial charge < -0.3 is 0 Å². The average molecular weight is 197 g/mol. The second-order valence-electron chi connectivity index (χ2n) is 3.89. The van der Waals surface area contributed by atoms with E-state index in [-0.39, 0.29) is 5.38 Å². The van der Waals surface area contributed by atoms with E-state index in [0.717, 1.165) is 0 Å². The molecule has 1 aromatic rings. The third-order valence-corrected chi connectivity index (χ3v) is 2.63. The zero-order valence-corrected chi connectivity index (χ0v) is 9.52. The predicted molar refractivity (Wildman–Crippen MR) is 59.5 cm³/mol. The maximum Gasteiger partial charge on any atom is 0.0559 e. The Morgan fingerprint density at radius 1 is 1.15 bits per heavy atom. The third-order valence-electron chi connectivity index (χ3n) is 2.40. The quantitative estimate of drug-likeness (QED) is 0.615. The summed E-state index contributed by atoms with van der Waals surface area (Å²) in [5.41, 5.74) is 3.91. The summed E-state index contributed by atoms with van der Waals surface area (Å²) in [6.45, 7) is 8.53. The molecule has 1 unspecified atom stereocenters. The zero-order valence-electron chi connectivity index (χ0n) is 8.76. The van der Waals surface area contributed by atoms with Crippen LogP contribution < -0.4 is 0 Å². The van der Waals surface area contributed by atoms with Crippen LogP contribution in [0.5, 0.6) is 0 Å². The molecule has 0 aliphatic heterocycles. The van der Waals surface area contributed by atoms with Crippen molar-refractivity contribution in [1.82, 2.24) is 0 Å². The van der Waals surface area contributed by atoms with E-state index in [1.807, 2.05) is 6.92 Å². The Hall–Kier alpha value is -0.490. The highest BCUT2D eigenvalue weighted by atomic mass is 35.5. The van der Waals surface area contributed by atoms with Crippen LogP contribution in [-0.2, 0) is 0 Å². The molecule has 0 radical (unpaired) electrons. The monoisotopic (exact) mass is 196 g/mol. The van der Waals surface area contributed by atoms with Crippen molar-refractivity contribution < 1.29 is 0 Å². The van der Waals surface area contributed by atoms with Crippen molar-refractivity contribution in [3.05, 3.63) is 34.9 Å². The Morgan fingerprint density at radius 3 is 2.23 bits per heavy atom. The molecule has 0 spiro atoms. The molecule has 0 heterocycles. The number of rotatable bonds is 2. The van der Waals surface area contributed by atoms with Gasteiger partial charge in [0.05, 0.1) is 5.38 Å². The first kappa shape index (κ1) is 10.6. The Balaban J connectivity index is 3.11. The first-order chi connectivity index (χ1) is 6.02. The summed E-state index contributed by atoms with van der Waals surface area (Å²) in [6, 6.07) is 6.56. The molecule has 1 rings (SSSR count). The van der Waals surface area contributed by atoms with Crippen molar-refractivity contribution >= 4 is 11.6 Å². The fraction of sp³-hybridized carbons (Fsp3) is 0.500. The summed E-state index contributed by atoms with van der Waals surface area (Å²) in [5.74, 6) is 0.578. The molecule has 0 fully saturated rings. The van der Waals surface area contributed by atoms with Gasteiger partial charge in [0.1, 0.15) is 0 Å². The van der Waals surface area contributed by atoms with Crippen LogP contribution in [0.2, 0.25) is 0 Å². The van der Waals surface area contributed by atoms with Crippen LogP contribution >= 0.6 is 11.6 Å². The smallest absolute Gasteiger partial charge is 0.0559 e. The first-order valence-corrected chi connectivity index (χ1v) is 5.20. The summed E-state index contributed by atoms with van der Waals surface area (Å²) in [4.78, 5) is 0. The van der Waals surface area contributed by atoms with Crippen molar-refractivity contribution in [3.8, 4) is 0 Å². The second kappa shape index (κ2) is 4.15. The zero-order chi connectivity index (χ0) is 10.0. The topological polar surface area (TPSA) is 0 Å². The average Bonchev–Trinajstić information content (AvgIpc) is 2.04. The minimum absolute atomic E-state index is 0.110. The molecular weight excluding hydrogens is 180 g/mol. The molecule has 0 aromatic heterocycles. The van der Waals surface area contributed by atoms with Gasteiger partial charge in [-0.3, -0.25) is 0 Å².